The van der Waals surface area contributed by atoms with Crippen LogP contribution in [0.3, 0.4) is 0 Å². The zero-order valence-electron chi connectivity index (χ0n) is 16.8. The molecule has 1 aliphatic rings. The fraction of sp³-hybridized carbons (Fsp3) is 0.0417. The van der Waals surface area contributed by atoms with Crippen molar-refractivity contribution < 1.29 is 14.3 Å². The summed E-state index contributed by atoms with van der Waals surface area (Å²) in [6.45, 7) is 0.195. The number of halogens is 3. The van der Waals surface area contributed by atoms with Crippen molar-refractivity contribution in [2.75, 3.05) is 4.90 Å². The summed E-state index contributed by atoms with van der Waals surface area (Å²) in [5.74, 6) is -0.675. The molecule has 1 N–H and O–H groups in total. The Morgan fingerprint density at radius 2 is 1.70 bits per heavy atom. The van der Waals surface area contributed by atoms with E-state index in [0.29, 0.717) is 32.1 Å². The number of ether oxygens (including phenoxy) is 1. The van der Waals surface area contributed by atoms with Gasteiger partial charge in [0.25, 0.3) is 11.8 Å². The molecule has 166 valence electrons. The molecule has 9 heteroatoms. The first kappa shape index (κ1) is 23.3. The molecule has 3 aromatic carbocycles. The Kier molecular flexibility index (Phi) is 7.00. The standard InChI is InChI=1S/C24H15Cl3N2O3S/c25-16-8-7-15(19(26)12-16)13-32-21-9-6-14(11-20(21)27)10-18-22(30)28-24(33)29(23(18)31)17-4-2-1-3-5-17/h1-12H,13H2,(H,28,30,33)/b18-10-. The van der Waals surface area contributed by atoms with Crippen molar-refractivity contribution in [1.29, 1.82) is 0 Å². The molecule has 0 aromatic heterocycles. The van der Waals surface area contributed by atoms with Crippen LogP contribution in [0.15, 0.2) is 72.3 Å². The summed E-state index contributed by atoms with van der Waals surface area (Å²) in [6.07, 6.45) is 1.46. The molecule has 3 aromatic rings. The number of benzene rings is 3. The molecule has 0 saturated carbocycles. The molecule has 1 saturated heterocycles. The van der Waals surface area contributed by atoms with E-state index in [-0.39, 0.29) is 17.3 Å². The molecular weight excluding hydrogens is 503 g/mol. The molecule has 1 fully saturated rings. The number of hydrogen-bond donors (Lipinski definition) is 1. The highest BCUT2D eigenvalue weighted by atomic mass is 35.5. The summed E-state index contributed by atoms with van der Waals surface area (Å²) in [4.78, 5) is 26.8. The van der Waals surface area contributed by atoms with Gasteiger partial charge in [-0.15, -0.1) is 0 Å². The second kappa shape index (κ2) is 9.93. The zero-order valence-corrected chi connectivity index (χ0v) is 19.9. The largest absolute Gasteiger partial charge is 0.487 e. The molecular formula is C24H15Cl3N2O3S. The molecule has 33 heavy (non-hydrogen) atoms. The normalized spacial score (nSPS) is 15.1. The van der Waals surface area contributed by atoms with E-state index in [4.69, 9.17) is 51.8 Å². The number of carbonyl (C=O) groups is 2. The Hall–Kier alpha value is -2.90. The van der Waals surface area contributed by atoms with Gasteiger partial charge < -0.3 is 4.74 Å². The number of rotatable bonds is 5. The Balaban J connectivity index is 1.55. The van der Waals surface area contributed by atoms with Crippen LogP contribution in [-0.2, 0) is 16.2 Å². The Labute approximate surface area is 210 Å². The maximum Gasteiger partial charge on any atom is 0.270 e. The lowest BCUT2D eigenvalue weighted by Gasteiger charge is -2.28. The van der Waals surface area contributed by atoms with Gasteiger partial charge in [0.1, 0.15) is 17.9 Å². The second-order valence-electron chi connectivity index (χ2n) is 7.01. The molecule has 0 spiro atoms. The fourth-order valence-electron chi connectivity index (χ4n) is 3.15. The molecule has 5 nitrogen and oxygen atoms in total. The number of nitrogens with one attached hydrogen (secondary N) is 1. The van der Waals surface area contributed by atoms with Gasteiger partial charge in [0.2, 0.25) is 0 Å². The maximum absolute atomic E-state index is 13.0. The number of thiocarbonyl (C=S) groups is 1. The van der Waals surface area contributed by atoms with Gasteiger partial charge >= 0.3 is 0 Å². The third-order valence-electron chi connectivity index (χ3n) is 4.78. The molecule has 0 unspecified atom stereocenters. The van der Waals surface area contributed by atoms with E-state index in [0.717, 1.165) is 5.56 Å². The van der Waals surface area contributed by atoms with Crippen LogP contribution in [0.25, 0.3) is 6.08 Å². The zero-order chi connectivity index (χ0) is 23.5. The van der Waals surface area contributed by atoms with Crippen molar-refractivity contribution in [2.24, 2.45) is 0 Å². The van der Waals surface area contributed by atoms with E-state index in [9.17, 15) is 9.59 Å². The quantitative estimate of drug-likeness (QED) is 0.254. The number of anilines is 1. The molecule has 1 aliphatic heterocycles. The lowest BCUT2D eigenvalue weighted by molar-refractivity contribution is -0.122. The first-order valence-corrected chi connectivity index (χ1v) is 11.2. The molecule has 0 radical (unpaired) electrons. The Morgan fingerprint density at radius 1 is 0.939 bits per heavy atom. The van der Waals surface area contributed by atoms with Crippen LogP contribution in [0.1, 0.15) is 11.1 Å². The van der Waals surface area contributed by atoms with Crippen molar-refractivity contribution in [3.05, 3.63) is 98.5 Å². The monoisotopic (exact) mass is 516 g/mol. The Morgan fingerprint density at radius 3 is 2.39 bits per heavy atom. The van der Waals surface area contributed by atoms with Gasteiger partial charge in [0.15, 0.2) is 5.11 Å². The first-order chi connectivity index (χ1) is 15.8. The van der Waals surface area contributed by atoms with Gasteiger partial charge in [-0.2, -0.15) is 0 Å². The van der Waals surface area contributed by atoms with Crippen LogP contribution in [0.5, 0.6) is 5.75 Å². The molecule has 4 rings (SSSR count). The van der Waals surface area contributed by atoms with Gasteiger partial charge in [-0.1, -0.05) is 65.1 Å². The second-order valence-corrected chi connectivity index (χ2v) is 8.65. The molecule has 0 aliphatic carbocycles. The minimum absolute atomic E-state index is 0.0241. The predicted octanol–water partition coefficient (Wildman–Crippen LogP) is 6.06. The van der Waals surface area contributed by atoms with Crippen molar-refractivity contribution in [3.8, 4) is 5.75 Å². The van der Waals surface area contributed by atoms with Crippen LogP contribution in [0, 0.1) is 0 Å². The predicted molar refractivity (Wildman–Crippen MR) is 135 cm³/mol. The molecule has 0 atom stereocenters. The van der Waals surface area contributed by atoms with E-state index in [1.165, 1.54) is 11.0 Å². The van der Waals surface area contributed by atoms with Gasteiger partial charge in [-0.3, -0.25) is 19.8 Å². The number of para-hydroxylation sites is 1. The minimum atomic E-state index is -0.578. The van der Waals surface area contributed by atoms with Crippen LogP contribution in [0.4, 0.5) is 5.69 Å². The summed E-state index contributed by atoms with van der Waals surface area (Å²) in [7, 11) is 0. The van der Waals surface area contributed by atoms with Crippen LogP contribution < -0.4 is 15.0 Å². The summed E-state index contributed by atoms with van der Waals surface area (Å²) >= 11 is 23.7. The third kappa shape index (κ3) is 5.20. The van der Waals surface area contributed by atoms with E-state index >= 15 is 0 Å². The average molecular weight is 518 g/mol. The van der Waals surface area contributed by atoms with E-state index in [2.05, 4.69) is 5.32 Å². The lowest BCUT2D eigenvalue weighted by Crippen LogP contribution is -2.54. The summed E-state index contributed by atoms with van der Waals surface area (Å²) < 4.78 is 5.77. The number of carbonyl (C=O) groups excluding carboxylic acids is 2. The van der Waals surface area contributed by atoms with E-state index in [1.807, 2.05) is 6.07 Å². The van der Waals surface area contributed by atoms with Crippen molar-refractivity contribution in [2.45, 2.75) is 6.61 Å². The van der Waals surface area contributed by atoms with Crippen LogP contribution >= 0.6 is 47.0 Å². The van der Waals surface area contributed by atoms with Gasteiger partial charge in [0, 0.05) is 15.6 Å². The average Bonchev–Trinajstić information content (AvgIpc) is 2.78. The minimum Gasteiger partial charge on any atom is -0.487 e. The van der Waals surface area contributed by atoms with E-state index in [1.54, 1.807) is 60.7 Å². The molecule has 0 bridgehead atoms. The summed E-state index contributed by atoms with van der Waals surface area (Å²) in [5.41, 5.74) is 1.80. The van der Waals surface area contributed by atoms with E-state index < -0.39 is 11.8 Å². The van der Waals surface area contributed by atoms with Crippen molar-refractivity contribution in [3.63, 3.8) is 0 Å². The number of nitrogens with zero attached hydrogens (tertiary/aromatic N) is 1. The third-order valence-corrected chi connectivity index (χ3v) is 5.95. The van der Waals surface area contributed by atoms with Gasteiger partial charge in [-0.25, -0.2) is 0 Å². The fourth-order valence-corrected chi connectivity index (χ4v) is 4.14. The van der Waals surface area contributed by atoms with Crippen molar-refractivity contribution in [1.82, 2.24) is 5.32 Å². The lowest BCUT2D eigenvalue weighted by atomic mass is 10.1. The first-order valence-electron chi connectivity index (χ1n) is 9.66. The number of hydrogen-bond acceptors (Lipinski definition) is 4. The highest BCUT2D eigenvalue weighted by molar-refractivity contribution is 7.80. The summed E-state index contributed by atoms with van der Waals surface area (Å²) in [5, 5.41) is 3.91. The topological polar surface area (TPSA) is 58.6 Å². The highest BCUT2D eigenvalue weighted by Crippen LogP contribution is 2.29. The van der Waals surface area contributed by atoms with Crippen molar-refractivity contribution >= 4 is 75.7 Å². The SMILES string of the molecule is O=C1NC(=S)N(c2ccccc2)C(=O)/C1=C\c1ccc(OCc2ccc(Cl)cc2Cl)c(Cl)c1. The van der Waals surface area contributed by atoms with Crippen LogP contribution in [-0.4, -0.2) is 16.9 Å². The van der Waals surface area contributed by atoms with Gasteiger partial charge in [-0.05, 0) is 60.3 Å². The van der Waals surface area contributed by atoms with Gasteiger partial charge in [0.05, 0.1) is 10.7 Å². The molecule has 1 heterocycles. The Bertz CT molecular complexity index is 1300. The molecule has 2 amide bonds. The van der Waals surface area contributed by atoms with Crippen LogP contribution in [0.2, 0.25) is 15.1 Å². The number of amides is 2. The smallest absolute Gasteiger partial charge is 0.270 e. The summed E-state index contributed by atoms with van der Waals surface area (Å²) in [6, 6.07) is 18.9. The highest BCUT2D eigenvalue weighted by Gasteiger charge is 2.34. The maximum atomic E-state index is 13.0.